The lowest BCUT2D eigenvalue weighted by Crippen LogP contribution is -2.41. The molecule has 3 rings (SSSR count). The summed E-state index contributed by atoms with van der Waals surface area (Å²) in [5.41, 5.74) is 1.89. The molecule has 0 spiro atoms. The second-order valence-electron chi connectivity index (χ2n) is 5.11. The molecule has 1 aromatic heterocycles. The Balaban J connectivity index is 1.65. The zero-order valence-corrected chi connectivity index (χ0v) is 11.9. The van der Waals surface area contributed by atoms with Crippen molar-refractivity contribution >= 4 is 17.3 Å². The first-order valence-corrected chi connectivity index (χ1v) is 7.04. The number of hydrogen-bond acceptors (Lipinski definition) is 4. The fourth-order valence-electron chi connectivity index (χ4n) is 2.41. The summed E-state index contributed by atoms with van der Waals surface area (Å²) in [6.07, 6.45) is 1.73. The molecule has 1 aliphatic heterocycles. The molecule has 21 heavy (non-hydrogen) atoms. The number of amides is 1. The average molecular weight is 286 g/mol. The van der Waals surface area contributed by atoms with Crippen molar-refractivity contribution in [2.75, 3.05) is 29.9 Å². The highest BCUT2D eigenvalue weighted by Crippen LogP contribution is 2.20. The molecule has 2 heterocycles. The van der Waals surface area contributed by atoms with Gasteiger partial charge in [-0.2, -0.15) is 0 Å². The van der Waals surface area contributed by atoms with Gasteiger partial charge in [0.1, 0.15) is 0 Å². The molecular formula is C16H18N2O3. The number of anilines is 2. The maximum Gasteiger partial charge on any atom is 0.291 e. The van der Waals surface area contributed by atoms with E-state index in [1.807, 2.05) is 24.3 Å². The SMILES string of the molecule is CC1CN(c2ccc(NC(=O)c3ccco3)cc2)CCO1. The summed E-state index contributed by atoms with van der Waals surface area (Å²) in [6, 6.07) is 11.1. The van der Waals surface area contributed by atoms with E-state index in [9.17, 15) is 4.79 Å². The molecule has 110 valence electrons. The normalized spacial score (nSPS) is 18.5. The molecule has 1 atom stereocenters. The van der Waals surface area contributed by atoms with Crippen LogP contribution >= 0.6 is 0 Å². The van der Waals surface area contributed by atoms with Gasteiger partial charge in [-0.3, -0.25) is 4.79 Å². The number of nitrogens with one attached hydrogen (secondary N) is 1. The minimum atomic E-state index is -0.243. The lowest BCUT2D eigenvalue weighted by molar-refractivity contribution is 0.0532. The van der Waals surface area contributed by atoms with Crippen molar-refractivity contribution in [3.8, 4) is 0 Å². The predicted octanol–water partition coefficient (Wildman–Crippen LogP) is 2.76. The summed E-state index contributed by atoms with van der Waals surface area (Å²) in [7, 11) is 0. The molecule has 0 radical (unpaired) electrons. The average Bonchev–Trinajstić information content (AvgIpc) is 3.02. The molecule has 5 heteroatoms. The van der Waals surface area contributed by atoms with Gasteiger partial charge in [0.05, 0.1) is 19.0 Å². The summed E-state index contributed by atoms with van der Waals surface area (Å²) in [4.78, 5) is 14.2. The van der Waals surface area contributed by atoms with Crippen LogP contribution in [0.25, 0.3) is 0 Å². The first-order chi connectivity index (χ1) is 10.2. The summed E-state index contributed by atoms with van der Waals surface area (Å²) in [5, 5.41) is 2.81. The number of carbonyl (C=O) groups is 1. The van der Waals surface area contributed by atoms with E-state index in [-0.39, 0.29) is 12.0 Å². The molecule has 1 aliphatic rings. The van der Waals surface area contributed by atoms with Crippen LogP contribution in [0.3, 0.4) is 0 Å². The van der Waals surface area contributed by atoms with Gasteiger partial charge in [-0.05, 0) is 43.3 Å². The van der Waals surface area contributed by atoms with E-state index < -0.39 is 0 Å². The number of rotatable bonds is 3. The van der Waals surface area contributed by atoms with Gasteiger partial charge in [0.25, 0.3) is 5.91 Å². The number of benzene rings is 1. The summed E-state index contributed by atoms with van der Waals surface area (Å²) in [6.45, 7) is 4.60. The fraction of sp³-hybridized carbons (Fsp3) is 0.312. The van der Waals surface area contributed by atoms with Crippen molar-refractivity contribution in [2.24, 2.45) is 0 Å². The van der Waals surface area contributed by atoms with Crippen molar-refractivity contribution in [2.45, 2.75) is 13.0 Å². The Morgan fingerprint density at radius 2 is 2.10 bits per heavy atom. The Kier molecular flexibility index (Phi) is 3.92. The van der Waals surface area contributed by atoms with Crippen molar-refractivity contribution in [3.63, 3.8) is 0 Å². The van der Waals surface area contributed by atoms with Crippen LogP contribution in [0.2, 0.25) is 0 Å². The zero-order chi connectivity index (χ0) is 14.7. The van der Waals surface area contributed by atoms with Crippen LogP contribution < -0.4 is 10.2 Å². The number of hydrogen-bond donors (Lipinski definition) is 1. The molecule has 2 aromatic rings. The molecule has 1 amide bonds. The number of nitrogens with zero attached hydrogens (tertiary/aromatic N) is 1. The maximum atomic E-state index is 11.9. The second kappa shape index (κ2) is 6.01. The monoisotopic (exact) mass is 286 g/mol. The van der Waals surface area contributed by atoms with Crippen molar-refractivity contribution in [1.82, 2.24) is 0 Å². The van der Waals surface area contributed by atoms with E-state index in [2.05, 4.69) is 17.1 Å². The Hall–Kier alpha value is -2.27. The van der Waals surface area contributed by atoms with Crippen molar-refractivity contribution < 1.29 is 13.9 Å². The van der Waals surface area contributed by atoms with Gasteiger partial charge >= 0.3 is 0 Å². The van der Waals surface area contributed by atoms with E-state index in [0.717, 1.165) is 31.1 Å². The number of carbonyl (C=O) groups excluding carboxylic acids is 1. The fourth-order valence-corrected chi connectivity index (χ4v) is 2.41. The zero-order valence-electron chi connectivity index (χ0n) is 11.9. The third-order valence-electron chi connectivity index (χ3n) is 3.48. The van der Waals surface area contributed by atoms with Crippen LogP contribution in [0, 0.1) is 0 Å². The summed E-state index contributed by atoms with van der Waals surface area (Å²) >= 11 is 0. The summed E-state index contributed by atoms with van der Waals surface area (Å²) < 4.78 is 10.6. The minimum Gasteiger partial charge on any atom is -0.459 e. The number of ether oxygens (including phenoxy) is 1. The van der Waals surface area contributed by atoms with Crippen LogP contribution in [-0.2, 0) is 4.74 Å². The molecule has 1 saturated heterocycles. The summed E-state index contributed by atoms with van der Waals surface area (Å²) in [5.74, 6) is 0.0637. The van der Waals surface area contributed by atoms with Crippen LogP contribution in [-0.4, -0.2) is 31.7 Å². The third-order valence-corrected chi connectivity index (χ3v) is 3.48. The predicted molar refractivity (Wildman–Crippen MR) is 80.7 cm³/mol. The van der Waals surface area contributed by atoms with Gasteiger partial charge in [-0.25, -0.2) is 0 Å². The minimum absolute atomic E-state index is 0.243. The lowest BCUT2D eigenvalue weighted by atomic mass is 10.2. The van der Waals surface area contributed by atoms with E-state index in [4.69, 9.17) is 9.15 Å². The highest BCUT2D eigenvalue weighted by atomic mass is 16.5. The van der Waals surface area contributed by atoms with Gasteiger partial charge < -0.3 is 19.4 Å². The highest BCUT2D eigenvalue weighted by Gasteiger charge is 2.17. The van der Waals surface area contributed by atoms with Gasteiger partial charge in [0.15, 0.2) is 5.76 Å². The first-order valence-electron chi connectivity index (χ1n) is 7.04. The Morgan fingerprint density at radius 3 is 2.76 bits per heavy atom. The van der Waals surface area contributed by atoms with Gasteiger partial charge in [0, 0.05) is 24.5 Å². The molecular weight excluding hydrogens is 268 g/mol. The van der Waals surface area contributed by atoms with E-state index in [1.165, 1.54) is 6.26 Å². The Morgan fingerprint density at radius 1 is 1.29 bits per heavy atom. The van der Waals surface area contributed by atoms with E-state index in [1.54, 1.807) is 12.1 Å². The van der Waals surface area contributed by atoms with E-state index >= 15 is 0 Å². The lowest BCUT2D eigenvalue weighted by Gasteiger charge is -2.33. The Labute approximate surface area is 123 Å². The highest BCUT2D eigenvalue weighted by molar-refractivity contribution is 6.02. The number of morpholine rings is 1. The van der Waals surface area contributed by atoms with Crippen molar-refractivity contribution in [1.29, 1.82) is 0 Å². The van der Waals surface area contributed by atoms with Crippen LogP contribution in [0.4, 0.5) is 11.4 Å². The maximum absolute atomic E-state index is 11.9. The molecule has 5 nitrogen and oxygen atoms in total. The van der Waals surface area contributed by atoms with Crippen LogP contribution in [0.1, 0.15) is 17.5 Å². The van der Waals surface area contributed by atoms with Gasteiger partial charge in [-0.1, -0.05) is 0 Å². The number of furan rings is 1. The first kappa shape index (κ1) is 13.7. The van der Waals surface area contributed by atoms with Gasteiger partial charge in [0.2, 0.25) is 0 Å². The molecule has 1 aromatic carbocycles. The standard InChI is InChI=1S/C16H18N2O3/c1-12-11-18(8-10-20-12)14-6-4-13(5-7-14)17-16(19)15-3-2-9-21-15/h2-7,9,12H,8,10-11H2,1H3,(H,17,19). The molecule has 0 bridgehead atoms. The molecule has 0 aliphatic carbocycles. The third kappa shape index (κ3) is 3.25. The topological polar surface area (TPSA) is 54.7 Å². The van der Waals surface area contributed by atoms with Crippen LogP contribution in [0.5, 0.6) is 0 Å². The Bertz CT molecular complexity index is 592. The van der Waals surface area contributed by atoms with Gasteiger partial charge in [-0.15, -0.1) is 0 Å². The van der Waals surface area contributed by atoms with Crippen molar-refractivity contribution in [3.05, 3.63) is 48.4 Å². The second-order valence-corrected chi connectivity index (χ2v) is 5.11. The van der Waals surface area contributed by atoms with Crippen LogP contribution in [0.15, 0.2) is 47.1 Å². The smallest absolute Gasteiger partial charge is 0.291 e. The molecule has 1 N–H and O–H groups in total. The molecule has 1 unspecified atom stereocenters. The largest absolute Gasteiger partial charge is 0.459 e. The molecule has 1 fully saturated rings. The quantitative estimate of drug-likeness (QED) is 0.942. The van der Waals surface area contributed by atoms with E-state index in [0.29, 0.717) is 5.76 Å². The molecule has 0 saturated carbocycles.